The molecule has 5 N–H and O–H groups in total. The van der Waals surface area contributed by atoms with E-state index in [1.807, 2.05) is 0 Å². The summed E-state index contributed by atoms with van der Waals surface area (Å²) in [7, 11) is 0. The van der Waals surface area contributed by atoms with Crippen molar-refractivity contribution >= 4 is 6.29 Å². The highest BCUT2D eigenvalue weighted by Crippen LogP contribution is 2.06. The summed E-state index contributed by atoms with van der Waals surface area (Å²) in [6, 6.07) is 0. The van der Waals surface area contributed by atoms with Gasteiger partial charge in [-0.3, -0.25) is 0 Å². The molecule has 0 saturated carbocycles. The maximum atomic E-state index is 9.98. The number of aliphatic hydroxyl groups excluding tert-OH is 5. The Hall–Kier alpha value is -0.530. The molecule has 0 bridgehead atoms. The second-order valence-corrected chi connectivity index (χ2v) is 2.84. The lowest BCUT2D eigenvalue weighted by Crippen LogP contribution is -2.48. The number of aldehydes is 1. The molecule has 78 valence electrons. The second kappa shape index (κ2) is 5.25. The molecule has 13 heavy (non-hydrogen) atoms. The minimum atomic E-state index is -1.80. The molecule has 0 amide bonds. The van der Waals surface area contributed by atoms with E-state index in [1.54, 1.807) is 0 Å². The van der Waals surface area contributed by atoms with Crippen LogP contribution in [0.1, 0.15) is 6.92 Å². The normalized spacial score (nSPS) is 22.9. The largest absolute Gasteiger partial charge is 0.391 e. The van der Waals surface area contributed by atoms with Gasteiger partial charge in [0.15, 0.2) is 6.29 Å². The highest BCUT2D eigenvalue weighted by Gasteiger charge is 2.32. The summed E-state index contributed by atoms with van der Waals surface area (Å²) >= 11 is 0. The molecule has 6 heteroatoms. The minimum absolute atomic E-state index is 0.0304. The number of hydrogen-bond acceptors (Lipinski definition) is 6. The molecule has 0 rings (SSSR count). The Labute approximate surface area is 75.1 Å². The van der Waals surface area contributed by atoms with Crippen LogP contribution in [0.5, 0.6) is 0 Å². The molecule has 0 radical (unpaired) electrons. The predicted octanol–water partition coefficient (Wildman–Crippen LogP) is -2.99. The van der Waals surface area contributed by atoms with E-state index in [9.17, 15) is 4.79 Å². The van der Waals surface area contributed by atoms with Crippen LogP contribution in [-0.4, -0.2) is 62.3 Å². The lowest BCUT2D eigenvalue weighted by atomic mass is 10.0. The molecule has 0 aromatic heterocycles. The quantitative estimate of drug-likeness (QED) is 0.298. The molecule has 0 aromatic rings. The highest BCUT2D eigenvalue weighted by atomic mass is 16.4. The van der Waals surface area contributed by atoms with Gasteiger partial charge < -0.3 is 30.3 Å². The van der Waals surface area contributed by atoms with Gasteiger partial charge >= 0.3 is 0 Å². The standard InChI is InChI=1S/C7H14O6/c1-3(9)5(11)7(13)6(12)4(10)2-8/h2-7,9-13H,1H3/t3-,4+,5-,6-,7+/m1/s1. The van der Waals surface area contributed by atoms with Crippen molar-refractivity contribution in [2.24, 2.45) is 0 Å². The third-order valence-electron chi connectivity index (χ3n) is 1.68. The maximum Gasteiger partial charge on any atom is 0.151 e. The van der Waals surface area contributed by atoms with E-state index in [1.165, 1.54) is 6.92 Å². The molecule has 0 spiro atoms. The van der Waals surface area contributed by atoms with Crippen molar-refractivity contribution in [2.45, 2.75) is 37.4 Å². The summed E-state index contributed by atoms with van der Waals surface area (Å²) in [6.45, 7) is 1.20. The van der Waals surface area contributed by atoms with Gasteiger partial charge in [0, 0.05) is 0 Å². The van der Waals surface area contributed by atoms with Gasteiger partial charge in [0.2, 0.25) is 0 Å². The number of carbonyl (C=O) groups excluding carboxylic acids is 1. The first-order chi connectivity index (χ1) is 5.91. The first-order valence-corrected chi connectivity index (χ1v) is 3.77. The Morgan fingerprint density at radius 2 is 1.38 bits per heavy atom. The summed E-state index contributed by atoms with van der Waals surface area (Å²) in [5.41, 5.74) is 0. The molecule has 0 aromatic carbocycles. The summed E-state index contributed by atoms with van der Waals surface area (Å²) in [6.07, 6.45) is -8.18. The Bertz CT molecular complexity index is 159. The third kappa shape index (κ3) is 3.37. The molecule has 0 heterocycles. The zero-order valence-corrected chi connectivity index (χ0v) is 7.11. The van der Waals surface area contributed by atoms with Crippen LogP contribution in [0.2, 0.25) is 0 Å². The lowest BCUT2D eigenvalue weighted by molar-refractivity contribution is -0.142. The predicted molar refractivity (Wildman–Crippen MR) is 41.8 cm³/mol. The fourth-order valence-electron chi connectivity index (χ4n) is 0.770. The van der Waals surface area contributed by atoms with Crippen LogP contribution >= 0.6 is 0 Å². The Morgan fingerprint density at radius 1 is 0.923 bits per heavy atom. The fourth-order valence-corrected chi connectivity index (χ4v) is 0.770. The van der Waals surface area contributed by atoms with Crippen molar-refractivity contribution in [2.75, 3.05) is 0 Å². The van der Waals surface area contributed by atoms with Crippen molar-refractivity contribution in [3.8, 4) is 0 Å². The van der Waals surface area contributed by atoms with Crippen molar-refractivity contribution in [3.05, 3.63) is 0 Å². The topological polar surface area (TPSA) is 118 Å². The molecular weight excluding hydrogens is 180 g/mol. The summed E-state index contributed by atoms with van der Waals surface area (Å²) < 4.78 is 0. The number of aliphatic hydroxyl groups is 5. The van der Waals surface area contributed by atoms with E-state index >= 15 is 0 Å². The van der Waals surface area contributed by atoms with Gasteiger partial charge in [-0.15, -0.1) is 0 Å². The van der Waals surface area contributed by atoms with Crippen molar-refractivity contribution in [3.63, 3.8) is 0 Å². The van der Waals surface area contributed by atoms with Crippen molar-refractivity contribution < 1.29 is 30.3 Å². The van der Waals surface area contributed by atoms with Gasteiger partial charge in [0.25, 0.3) is 0 Å². The molecule has 0 aliphatic heterocycles. The van der Waals surface area contributed by atoms with Gasteiger partial charge in [-0.05, 0) is 6.92 Å². The first-order valence-electron chi connectivity index (χ1n) is 3.77. The second-order valence-electron chi connectivity index (χ2n) is 2.84. The molecule has 0 fully saturated rings. The van der Waals surface area contributed by atoms with Crippen LogP contribution in [0.15, 0.2) is 0 Å². The Kier molecular flexibility index (Phi) is 5.04. The highest BCUT2D eigenvalue weighted by molar-refractivity contribution is 5.56. The first kappa shape index (κ1) is 12.5. The Balaban J connectivity index is 4.23. The van der Waals surface area contributed by atoms with E-state index in [-0.39, 0.29) is 6.29 Å². The molecule has 6 nitrogen and oxygen atoms in total. The fraction of sp³-hybridized carbons (Fsp3) is 0.857. The SMILES string of the molecule is C[C@@H](O)[C@@H](O)[C@H](O)[C@H](O)[C@@H](O)C=O. The number of hydrogen-bond donors (Lipinski definition) is 5. The van der Waals surface area contributed by atoms with Crippen LogP contribution in [-0.2, 0) is 4.79 Å². The lowest BCUT2D eigenvalue weighted by Gasteiger charge is -2.25. The monoisotopic (exact) mass is 194 g/mol. The van der Waals surface area contributed by atoms with Crippen LogP contribution in [0.25, 0.3) is 0 Å². The Morgan fingerprint density at radius 3 is 1.69 bits per heavy atom. The number of rotatable bonds is 5. The minimum Gasteiger partial charge on any atom is -0.391 e. The molecular formula is C7H14O6. The van der Waals surface area contributed by atoms with Gasteiger partial charge in [-0.1, -0.05) is 0 Å². The van der Waals surface area contributed by atoms with Crippen LogP contribution < -0.4 is 0 Å². The number of carbonyl (C=O) groups is 1. The molecule has 0 aliphatic rings. The molecule has 0 saturated heterocycles. The summed E-state index contributed by atoms with van der Waals surface area (Å²) in [5, 5.41) is 44.7. The van der Waals surface area contributed by atoms with Crippen molar-refractivity contribution in [1.29, 1.82) is 0 Å². The van der Waals surface area contributed by atoms with Crippen LogP contribution in [0.3, 0.4) is 0 Å². The van der Waals surface area contributed by atoms with E-state index in [4.69, 9.17) is 25.5 Å². The molecule has 0 unspecified atom stereocenters. The van der Waals surface area contributed by atoms with E-state index in [2.05, 4.69) is 0 Å². The van der Waals surface area contributed by atoms with Crippen LogP contribution in [0.4, 0.5) is 0 Å². The molecule has 0 aliphatic carbocycles. The molecule has 5 atom stereocenters. The zero-order chi connectivity index (χ0) is 10.6. The average molecular weight is 194 g/mol. The smallest absolute Gasteiger partial charge is 0.151 e. The van der Waals surface area contributed by atoms with E-state index in [0.717, 1.165) is 0 Å². The van der Waals surface area contributed by atoms with Gasteiger partial charge in [0.05, 0.1) is 6.10 Å². The van der Waals surface area contributed by atoms with Gasteiger partial charge in [-0.2, -0.15) is 0 Å². The zero-order valence-electron chi connectivity index (χ0n) is 7.11. The summed E-state index contributed by atoms with van der Waals surface area (Å²) in [5.74, 6) is 0. The van der Waals surface area contributed by atoms with Crippen molar-refractivity contribution in [1.82, 2.24) is 0 Å². The van der Waals surface area contributed by atoms with Crippen LogP contribution in [0, 0.1) is 0 Å². The van der Waals surface area contributed by atoms with Gasteiger partial charge in [0.1, 0.15) is 24.4 Å². The third-order valence-corrected chi connectivity index (χ3v) is 1.68. The van der Waals surface area contributed by atoms with Gasteiger partial charge in [-0.25, -0.2) is 0 Å². The average Bonchev–Trinajstić information content (AvgIpc) is 2.12. The maximum absolute atomic E-state index is 9.98. The summed E-state index contributed by atoms with van der Waals surface area (Å²) in [4.78, 5) is 9.98. The van der Waals surface area contributed by atoms with E-state index < -0.39 is 30.5 Å². The van der Waals surface area contributed by atoms with E-state index in [0.29, 0.717) is 0 Å².